The molecule has 2 aromatic heterocycles. The average Bonchev–Trinajstić information content (AvgIpc) is 3.77. The van der Waals surface area contributed by atoms with Crippen LogP contribution >= 0.6 is 11.6 Å². The molecule has 2 saturated heterocycles. The van der Waals surface area contributed by atoms with Crippen LogP contribution in [0.3, 0.4) is 0 Å². The maximum atomic E-state index is 15.3. The third-order valence-electron chi connectivity index (χ3n) is 14.2. The van der Waals surface area contributed by atoms with Gasteiger partial charge in [-0.2, -0.15) is 4.98 Å². The van der Waals surface area contributed by atoms with E-state index in [-0.39, 0.29) is 50.5 Å². The van der Waals surface area contributed by atoms with Crippen molar-refractivity contribution in [3.63, 3.8) is 0 Å². The Morgan fingerprint density at radius 3 is 2.45 bits per heavy atom. The molecule has 0 radical (unpaired) electrons. The maximum absolute atomic E-state index is 15.3. The second-order valence-electron chi connectivity index (χ2n) is 18.3. The zero-order chi connectivity index (χ0) is 45.6. The van der Waals surface area contributed by atoms with Gasteiger partial charge in [0.15, 0.2) is 0 Å². The van der Waals surface area contributed by atoms with Gasteiger partial charge in [0.05, 0.1) is 27.6 Å². The number of nitro benzene ring substituents is 1. The largest absolute Gasteiger partial charge is 0.474 e. The Hall–Kier alpha value is -5.75. The number of hydrogen-bond acceptors (Lipinski definition) is 12. The number of aromatic nitrogens is 2. The van der Waals surface area contributed by atoms with Crippen molar-refractivity contribution in [2.45, 2.75) is 61.9 Å². The number of carbonyl (C=O) groups is 1. The van der Waals surface area contributed by atoms with Crippen molar-refractivity contribution in [1.29, 1.82) is 0 Å². The average molecular weight is 940 g/mol. The second-order valence-corrected chi connectivity index (χ2v) is 20.4. The van der Waals surface area contributed by atoms with E-state index < -0.39 is 37.1 Å². The molecule has 0 atom stereocenters. The van der Waals surface area contributed by atoms with Gasteiger partial charge < -0.3 is 29.6 Å². The van der Waals surface area contributed by atoms with Gasteiger partial charge in [0.2, 0.25) is 5.88 Å². The summed E-state index contributed by atoms with van der Waals surface area (Å²) < 4.78 is 56.5. The number of benzene rings is 3. The number of allylic oxidation sites excluding steroid dienone is 1. The van der Waals surface area contributed by atoms with Gasteiger partial charge in [-0.15, -0.1) is 0 Å². The number of pyridine rings is 1. The van der Waals surface area contributed by atoms with Crippen LogP contribution in [0.25, 0.3) is 16.6 Å². The summed E-state index contributed by atoms with van der Waals surface area (Å²) in [5.74, 6) is -0.556. The molecule has 66 heavy (non-hydrogen) atoms. The number of halogens is 2. The Balaban J connectivity index is 0.910. The van der Waals surface area contributed by atoms with Gasteiger partial charge in [-0.1, -0.05) is 35.7 Å². The van der Waals surface area contributed by atoms with Crippen molar-refractivity contribution in [3.05, 3.63) is 111 Å². The molecule has 1 saturated carbocycles. The lowest BCUT2D eigenvalue weighted by Gasteiger charge is -2.47. The number of anilines is 4. The summed E-state index contributed by atoms with van der Waals surface area (Å²) in [6.07, 6.45) is 9.39. The van der Waals surface area contributed by atoms with E-state index in [1.807, 2.05) is 41.3 Å². The highest BCUT2D eigenvalue weighted by atomic mass is 35.5. The van der Waals surface area contributed by atoms with Crippen LogP contribution < -0.4 is 24.6 Å². The fraction of sp³-hybridized carbons (Fsp3) is 0.417. The van der Waals surface area contributed by atoms with Gasteiger partial charge in [-0.25, -0.2) is 17.5 Å². The highest BCUT2D eigenvalue weighted by molar-refractivity contribution is 7.90. The molecule has 3 aromatic carbocycles. The van der Waals surface area contributed by atoms with E-state index in [9.17, 15) is 23.3 Å². The molecule has 18 heteroatoms. The number of hydrogen-bond donors (Lipinski definition) is 3. The molecule has 3 fully saturated rings. The summed E-state index contributed by atoms with van der Waals surface area (Å²) in [5, 5.41) is 16.5. The van der Waals surface area contributed by atoms with E-state index in [1.165, 1.54) is 48.5 Å². The molecule has 0 unspecified atom stereocenters. The molecule has 346 valence electrons. The molecule has 10 rings (SSSR count). The molecule has 5 aliphatic rings. The summed E-state index contributed by atoms with van der Waals surface area (Å²) in [6.45, 7) is 4.91. The molecule has 5 heterocycles. The molecular weight excluding hydrogens is 887 g/mol. The van der Waals surface area contributed by atoms with E-state index in [0.717, 1.165) is 73.8 Å². The molecule has 1 spiro atoms. The lowest BCUT2D eigenvalue weighted by molar-refractivity contribution is -0.384. The Morgan fingerprint density at radius 1 is 0.924 bits per heavy atom. The van der Waals surface area contributed by atoms with Gasteiger partial charge in [0.1, 0.15) is 29.3 Å². The zero-order valence-electron chi connectivity index (χ0n) is 36.5. The summed E-state index contributed by atoms with van der Waals surface area (Å²) in [5.41, 5.74) is 5.08. The van der Waals surface area contributed by atoms with Gasteiger partial charge >= 0.3 is 0 Å². The van der Waals surface area contributed by atoms with Crippen molar-refractivity contribution < 1.29 is 32.0 Å². The third kappa shape index (κ3) is 8.93. The molecule has 3 N–H and O–H groups in total. The summed E-state index contributed by atoms with van der Waals surface area (Å²) >= 11 is 6.28. The minimum atomic E-state index is -4.64. The van der Waals surface area contributed by atoms with Gasteiger partial charge in [-0.05, 0) is 103 Å². The number of nitro groups is 1. The molecule has 2 aliphatic carbocycles. The molecule has 15 nitrogen and oxygen atoms in total. The van der Waals surface area contributed by atoms with Crippen LogP contribution in [0.5, 0.6) is 5.88 Å². The first-order chi connectivity index (χ1) is 31.8. The van der Waals surface area contributed by atoms with Crippen LogP contribution in [0.4, 0.5) is 32.8 Å². The Bertz CT molecular complexity index is 2820. The molecule has 0 bridgehead atoms. The van der Waals surface area contributed by atoms with Gasteiger partial charge in [0, 0.05) is 93.7 Å². The number of H-pyrrole nitrogens is 1. The van der Waals surface area contributed by atoms with Crippen LogP contribution in [0.2, 0.25) is 5.02 Å². The summed E-state index contributed by atoms with van der Waals surface area (Å²) in [7, 11) is -4.64. The SMILES string of the molecule is O=C(NS(=O)(=O)c1ccc(NCC2(F)CCOCC2)c([N+](=O)[O-])c1)c1ccc(N2CCN(CC3=C(c4ccc(Cl)cc4)CCC4(CCC4)C3)CC2)cc1N1CCOc2nc3[nH]ccc3cc21. The number of alkyl halides is 1. The first-order valence-corrected chi connectivity index (χ1v) is 24.5. The number of ether oxygens (including phenoxy) is 2. The summed E-state index contributed by atoms with van der Waals surface area (Å²) in [6, 6.07) is 20.7. The topological polar surface area (TPSA) is 175 Å². The number of aromatic amines is 1. The molecular formula is C48H52ClFN8O7S. The van der Waals surface area contributed by atoms with Gasteiger partial charge in [-0.3, -0.25) is 19.8 Å². The predicted molar refractivity (Wildman–Crippen MR) is 252 cm³/mol. The molecule has 1 amide bonds. The lowest BCUT2D eigenvalue weighted by atomic mass is 9.59. The summed E-state index contributed by atoms with van der Waals surface area (Å²) in [4.78, 5) is 39.8. The normalized spacial score (nSPS) is 19.5. The standard InChI is InChI=1S/C48H52ClFN8O7S/c49-35-4-2-32(3-5-35)38-10-14-47(12-1-13-47)29-34(38)30-55-18-20-56(21-19-55)36-6-8-39(41(27-36)57-22-25-65-46-43(57)26-33-11-17-51-44(33)53-46)45(59)54-66(62,63)37-7-9-40(42(28-37)58(60)61)52-31-48(50)15-23-64-24-16-48/h2-9,11,17,26-28,52H,1,10,12-16,18-25,29-31H2,(H,51,53)(H,54,59). The number of sulfonamides is 1. The van der Waals surface area contributed by atoms with E-state index in [1.54, 1.807) is 12.3 Å². The number of nitrogens with zero attached hydrogens (tertiary/aromatic N) is 5. The van der Waals surface area contributed by atoms with Crippen molar-refractivity contribution in [2.75, 3.05) is 80.8 Å². The van der Waals surface area contributed by atoms with Crippen molar-refractivity contribution >= 4 is 72.6 Å². The van der Waals surface area contributed by atoms with Crippen molar-refractivity contribution in [3.8, 4) is 5.88 Å². The van der Waals surface area contributed by atoms with Crippen LogP contribution in [-0.4, -0.2) is 105 Å². The highest BCUT2D eigenvalue weighted by Crippen LogP contribution is 2.54. The van der Waals surface area contributed by atoms with E-state index in [0.29, 0.717) is 34.9 Å². The predicted octanol–water partition coefficient (Wildman–Crippen LogP) is 8.63. The zero-order valence-corrected chi connectivity index (χ0v) is 38.1. The van der Waals surface area contributed by atoms with Crippen LogP contribution in [-0.2, 0) is 14.8 Å². The van der Waals surface area contributed by atoms with E-state index in [4.69, 9.17) is 21.1 Å². The molecule has 3 aliphatic heterocycles. The maximum Gasteiger partial charge on any atom is 0.293 e. The number of nitrogens with one attached hydrogen (secondary N) is 3. The first kappa shape index (κ1) is 44.1. The van der Waals surface area contributed by atoms with E-state index >= 15 is 4.39 Å². The third-order valence-corrected chi connectivity index (χ3v) is 15.8. The monoisotopic (exact) mass is 938 g/mol. The number of fused-ring (bicyclic) bond motifs is 2. The lowest BCUT2D eigenvalue weighted by Crippen LogP contribution is -2.47. The number of amides is 1. The number of rotatable bonds is 12. The highest BCUT2D eigenvalue weighted by Gasteiger charge is 2.41. The number of piperazine rings is 1. The van der Waals surface area contributed by atoms with E-state index in [2.05, 4.69) is 41.9 Å². The first-order valence-electron chi connectivity index (χ1n) is 22.7. The Labute approximate surface area is 387 Å². The van der Waals surface area contributed by atoms with Crippen LogP contribution in [0, 0.1) is 15.5 Å². The second kappa shape index (κ2) is 17.8. The quantitative estimate of drug-likeness (QED) is 0.0804. The minimum absolute atomic E-state index is 0.0422. The van der Waals surface area contributed by atoms with Gasteiger partial charge in [0.25, 0.3) is 21.6 Å². The Kier molecular flexibility index (Phi) is 11.9. The van der Waals surface area contributed by atoms with Crippen molar-refractivity contribution in [2.24, 2.45) is 5.41 Å². The fourth-order valence-electron chi connectivity index (χ4n) is 10.3. The van der Waals surface area contributed by atoms with Crippen LogP contribution in [0.15, 0.2) is 89.5 Å². The smallest absolute Gasteiger partial charge is 0.293 e. The minimum Gasteiger partial charge on any atom is -0.474 e. The molecule has 5 aromatic rings. The number of carbonyl (C=O) groups excluding carboxylic acids is 1. The van der Waals surface area contributed by atoms with Crippen LogP contribution in [0.1, 0.15) is 67.3 Å². The fourth-order valence-corrected chi connectivity index (χ4v) is 11.4. The van der Waals surface area contributed by atoms with Crippen molar-refractivity contribution in [1.82, 2.24) is 19.6 Å². The Morgan fingerprint density at radius 2 is 1.71 bits per heavy atom.